The summed E-state index contributed by atoms with van der Waals surface area (Å²) in [6.07, 6.45) is 1.12. The van der Waals surface area contributed by atoms with Gasteiger partial charge in [-0.3, -0.25) is 10.1 Å². The summed E-state index contributed by atoms with van der Waals surface area (Å²) >= 11 is 1.14. The van der Waals surface area contributed by atoms with E-state index in [0.717, 1.165) is 11.3 Å². The van der Waals surface area contributed by atoms with Gasteiger partial charge in [-0.25, -0.2) is 4.98 Å². The van der Waals surface area contributed by atoms with Gasteiger partial charge >= 0.3 is 0 Å². The molecule has 0 fully saturated rings. The van der Waals surface area contributed by atoms with Crippen LogP contribution in [0, 0.1) is 0 Å². The van der Waals surface area contributed by atoms with Gasteiger partial charge in [0.1, 0.15) is 0 Å². The lowest BCUT2D eigenvalue weighted by Crippen LogP contribution is -2.24. The van der Waals surface area contributed by atoms with E-state index < -0.39 is 11.9 Å². The standard InChI is InChI=1S/C10H8N2O4S/c13-8(14)4-6-5-17-10(11-6)12-9(15)7-2-1-3-16-7/h1-3,5H,4H2,(H,13,14)(H,11,12,15)/p-1. The molecular formula is C10H7N2O4S-. The third-order valence-corrected chi connectivity index (χ3v) is 2.65. The maximum absolute atomic E-state index is 11.5. The topological polar surface area (TPSA) is 95.3 Å². The first-order valence-electron chi connectivity index (χ1n) is 4.64. The number of amides is 1. The molecule has 6 nitrogen and oxygen atoms in total. The first-order valence-corrected chi connectivity index (χ1v) is 5.52. The van der Waals surface area contributed by atoms with Crippen molar-refractivity contribution < 1.29 is 19.1 Å². The van der Waals surface area contributed by atoms with Gasteiger partial charge in [0.15, 0.2) is 10.9 Å². The highest BCUT2D eigenvalue weighted by Gasteiger charge is 2.11. The average Bonchev–Trinajstić information content (AvgIpc) is 2.87. The lowest BCUT2D eigenvalue weighted by molar-refractivity contribution is -0.304. The second-order valence-corrected chi connectivity index (χ2v) is 3.98. The molecule has 1 amide bonds. The molecule has 0 aromatic carbocycles. The summed E-state index contributed by atoms with van der Waals surface area (Å²) < 4.78 is 4.90. The molecule has 1 N–H and O–H groups in total. The van der Waals surface area contributed by atoms with E-state index in [9.17, 15) is 14.7 Å². The highest BCUT2D eigenvalue weighted by molar-refractivity contribution is 7.14. The first kappa shape index (κ1) is 11.3. The Bertz CT molecular complexity index is 532. The van der Waals surface area contributed by atoms with E-state index in [0.29, 0.717) is 10.8 Å². The van der Waals surface area contributed by atoms with Crippen LogP contribution in [-0.4, -0.2) is 16.9 Å². The Labute approximate surface area is 99.9 Å². The zero-order valence-electron chi connectivity index (χ0n) is 8.50. The number of nitrogens with one attached hydrogen (secondary N) is 1. The molecule has 2 heterocycles. The molecule has 0 spiro atoms. The fourth-order valence-corrected chi connectivity index (χ4v) is 1.87. The van der Waals surface area contributed by atoms with Crippen molar-refractivity contribution in [3.05, 3.63) is 35.2 Å². The molecule has 17 heavy (non-hydrogen) atoms. The molecule has 0 radical (unpaired) electrons. The first-order chi connectivity index (χ1) is 8.15. The normalized spacial score (nSPS) is 10.1. The number of furan rings is 1. The van der Waals surface area contributed by atoms with Gasteiger partial charge < -0.3 is 14.3 Å². The van der Waals surface area contributed by atoms with Crippen LogP contribution in [0.15, 0.2) is 28.2 Å². The van der Waals surface area contributed by atoms with Crippen LogP contribution in [0.5, 0.6) is 0 Å². The van der Waals surface area contributed by atoms with Crippen molar-refractivity contribution in [2.75, 3.05) is 5.32 Å². The molecule has 2 aromatic rings. The maximum atomic E-state index is 11.5. The predicted octanol–water partition coefficient (Wildman–Crippen LogP) is 0.281. The molecule has 2 rings (SSSR count). The molecule has 0 saturated heterocycles. The third kappa shape index (κ3) is 2.91. The summed E-state index contributed by atoms with van der Waals surface area (Å²) in [6, 6.07) is 3.11. The number of carbonyl (C=O) groups excluding carboxylic acids is 2. The van der Waals surface area contributed by atoms with Crippen molar-refractivity contribution in [2.45, 2.75) is 6.42 Å². The van der Waals surface area contributed by atoms with Crippen molar-refractivity contribution in [3.8, 4) is 0 Å². The fourth-order valence-electron chi connectivity index (χ4n) is 1.16. The number of rotatable bonds is 4. The SMILES string of the molecule is O=C([O-])Cc1csc(NC(=O)c2ccco2)n1. The molecule has 0 saturated carbocycles. The summed E-state index contributed by atoms with van der Waals surface area (Å²) in [4.78, 5) is 25.8. The molecule has 0 bridgehead atoms. The van der Waals surface area contributed by atoms with Gasteiger partial charge in [-0.15, -0.1) is 11.3 Å². The molecule has 88 valence electrons. The molecule has 0 unspecified atom stereocenters. The summed E-state index contributed by atoms with van der Waals surface area (Å²) in [5.41, 5.74) is 0.352. The monoisotopic (exact) mass is 251 g/mol. The molecule has 7 heteroatoms. The van der Waals surface area contributed by atoms with Gasteiger partial charge in [0.25, 0.3) is 5.91 Å². The molecular weight excluding hydrogens is 244 g/mol. The van der Waals surface area contributed by atoms with Gasteiger partial charge in [-0.1, -0.05) is 0 Å². The van der Waals surface area contributed by atoms with Crippen LogP contribution in [0.4, 0.5) is 5.13 Å². The van der Waals surface area contributed by atoms with E-state index in [-0.39, 0.29) is 12.2 Å². The highest BCUT2D eigenvalue weighted by atomic mass is 32.1. The van der Waals surface area contributed by atoms with Crippen LogP contribution in [0.3, 0.4) is 0 Å². The van der Waals surface area contributed by atoms with Crippen LogP contribution in [0.2, 0.25) is 0 Å². The quantitative estimate of drug-likeness (QED) is 0.842. The van der Waals surface area contributed by atoms with E-state index >= 15 is 0 Å². The largest absolute Gasteiger partial charge is 0.550 e. The van der Waals surface area contributed by atoms with Gasteiger partial charge in [0.2, 0.25) is 0 Å². The van der Waals surface area contributed by atoms with Gasteiger partial charge in [-0.05, 0) is 12.1 Å². The summed E-state index contributed by atoms with van der Waals surface area (Å²) in [5.74, 6) is -1.47. The van der Waals surface area contributed by atoms with Crippen molar-refractivity contribution in [2.24, 2.45) is 0 Å². The smallest absolute Gasteiger partial charge is 0.293 e. The Morgan fingerprint density at radius 3 is 3.00 bits per heavy atom. The van der Waals surface area contributed by atoms with Crippen molar-refractivity contribution in [1.29, 1.82) is 0 Å². The fraction of sp³-hybridized carbons (Fsp3) is 0.100. The van der Waals surface area contributed by atoms with Crippen molar-refractivity contribution >= 4 is 28.3 Å². The van der Waals surface area contributed by atoms with Crippen molar-refractivity contribution in [1.82, 2.24) is 4.98 Å². The number of carboxylic acid groups (broad SMARTS) is 1. The second kappa shape index (κ2) is 4.79. The van der Waals surface area contributed by atoms with E-state index in [1.165, 1.54) is 12.3 Å². The maximum Gasteiger partial charge on any atom is 0.293 e. The van der Waals surface area contributed by atoms with Crippen LogP contribution < -0.4 is 10.4 Å². The molecule has 0 aliphatic heterocycles. The van der Waals surface area contributed by atoms with Gasteiger partial charge in [0.05, 0.1) is 12.0 Å². The zero-order chi connectivity index (χ0) is 12.3. The van der Waals surface area contributed by atoms with E-state index in [2.05, 4.69) is 10.3 Å². The van der Waals surface area contributed by atoms with E-state index in [4.69, 9.17) is 4.42 Å². The third-order valence-electron chi connectivity index (χ3n) is 1.84. The summed E-state index contributed by atoms with van der Waals surface area (Å²) in [6.45, 7) is 0. The zero-order valence-corrected chi connectivity index (χ0v) is 9.32. The molecule has 0 atom stereocenters. The molecule has 2 aromatic heterocycles. The summed E-state index contributed by atoms with van der Waals surface area (Å²) in [5, 5.41) is 14.7. The summed E-state index contributed by atoms with van der Waals surface area (Å²) in [7, 11) is 0. The van der Waals surface area contributed by atoms with Gasteiger partial charge in [0, 0.05) is 17.8 Å². The lowest BCUT2D eigenvalue weighted by Gasteiger charge is -1.98. The second-order valence-electron chi connectivity index (χ2n) is 3.12. The lowest BCUT2D eigenvalue weighted by atomic mass is 10.3. The number of thiazole rings is 1. The minimum Gasteiger partial charge on any atom is -0.550 e. The Hall–Kier alpha value is -2.15. The van der Waals surface area contributed by atoms with Gasteiger partial charge in [-0.2, -0.15) is 0 Å². The number of carboxylic acids is 1. The number of hydrogen-bond donors (Lipinski definition) is 1. The molecule has 0 aliphatic rings. The van der Waals surface area contributed by atoms with Crippen LogP contribution in [0.1, 0.15) is 16.2 Å². The van der Waals surface area contributed by atoms with E-state index in [1.54, 1.807) is 11.4 Å². The number of aromatic nitrogens is 1. The number of carbonyl (C=O) groups is 2. The average molecular weight is 251 g/mol. The predicted molar refractivity (Wildman–Crippen MR) is 57.5 cm³/mol. The Kier molecular flexibility index (Phi) is 3.20. The van der Waals surface area contributed by atoms with Crippen LogP contribution in [-0.2, 0) is 11.2 Å². The molecule has 0 aliphatic carbocycles. The van der Waals surface area contributed by atoms with Crippen LogP contribution in [0.25, 0.3) is 0 Å². The Balaban J connectivity index is 2.02. The number of aliphatic carboxylic acids is 1. The number of nitrogens with zero attached hydrogens (tertiary/aromatic N) is 1. The minimum absolute atomic E-state index is 0.168. The number of hydrogen-bond acceptors (Lipinski definition) is 6. The number of anilines is 1. The van der Waals surface area contributed by atoms with Crippen LogP contribution >= 0.6 is 11.3 Å². The van der Waals surface area contributed by atoms with E-state index in [1.807, 2.05) is 0 Å². The minimum atomic E-state index is -1.21. The Morgan fingerprint density at radius 2 is 2.35 bits per heavy atom. The van der Waals surface area contributed by atoms with Crippen molar-refractivity contribution in [3.63, 3.8) is 0 Å². The highest BCUT2D eigenvalue weighted by Crippen LogP contribution is 2.16. The Morgan fingerprint density at radius 1 is 1.53 bits per heavy atom.